The van der Waals surface area contributed by atoms with Crippen LogP contribution in [0.1, 0.15) is 12.8 Å². The minimum absolute atomic E-state index is 0.101. The molecule has 94 valence electrons. The third-order valence-corrected chi connectivity index (χ3v) is 2.87. The fraction of sp³-hybridized carbons (Fsp3) is 0.500. The van der Waals surface area contributed by atoms with Crippen LogP contribution in [-0.4, -0.2) is 19.8 Å². The maximum atomic E-state index is 13.4. The smallest absolute Gasteiger partial charge is 0.182 e. The highest BCUT2D eigenvalue weighted by Gasteiger charge is 2.31. The van der Waals surface area contributed by atoms with Crippen LogP contribution >= 0.6 is 0 Å². The Bertz CT molecular complexity index is 407. The lowest BCUT2D eigenvalue weighted by molar-refractivity contribution is 0.179. The zero-order valence-corrected chi connectivity index (χ0v) is 9.47. The number of halogens is 3. The molecule has 1 fully saturated rings. The Morgan fingerprint density at radius 3 is 2.65 bits per heavy atom. The molecule has 1 N–H and O–H groups in total. The number of rotatable bonds is 5. The summed E-state index contributed by atoms with van der Waals surface area (Å²) in [6.45, 7) is 0.391. The van der Waals surface area contributed by atoms with Crippen LogP contribution in [-0.2, 0) is 4.74 Å². The molecule has 1 saturated carbocycles. The topological polar surface area (TPSA) is 21.3 Å². The molecule has 17 heavy (non-hydrogen) atoms. The number of benzene rings is 1. The van der Waals surface area contributed by atoms with Crippen molar-refractivity contribution in [1.82, 2.24) is 0 Å². The minimum Gasteiger partial charge on any atom is -0.383 e. The number of methoxy groups -OCH3 is 1. The van der Waals surface area contributed by atoms with Crippen LogP contribution in [0.4, 0.5) is 18.9 Å². The van der Waals surface area contributed by atoms with Crippen LogP contribution < -0.4 is 5.32 Å². The van der Waals surface area contributed by atoms with Gasteiger partial charge in [-0.15, -0.1) is 0 Å². The number of ether oxygens (including phenoxy) is 1. The molecule has 1 aliphatic rings. The standard InChI is InChI=1S/C12H14F3NO/c1-17-6-11(7-2-3-7)16-10-5-8(13)4-9(14)12(10)15/h4-5,7,11,16H,2-3,6H2,1H3. The zero-order chi connectivity index (χ0) is 12.4. The van der Waals surface area contributed by atoms with Crippen molar-refractivity contribution in [3.63, 3.8) is 0 Å². The predicted molar refractivity (Wildman–Crippen MR) is 58.3 cm³/mol. The summed E-state index contributed by atoms with van der Waals surface area (Å²) in [5.41, 5.74) is -0.142. The first kappa shape index (κ1) is 12.2. The quantitative estimate of drug-likeness (QED) is 0.805. The second kappa shape index (κ2) is 4.96. The lowest BCUT2D eigenvalue weighted by Gasteiger charge is -2.19. The highest BCUT2D eigenvalue weighted by Crippen LogP contribution is 2.35. The molecule has 0 aliphatic heterocycles. The van der Waals surface area contributed by atoms with Crippen LogP contribution in [0.25, 0.3) is 0 Å². The number of hydrogen-bond donors (Lipinski definition) is 1. The van der Waals surface area contributed by atoms with E-state index in [4.69, 9.17) is 4.74 Å². The molecule has 0 radical (unpaired) electrons. The van der Waals surface area contributed by atoms with Gasteiger partial charge in [-0.2, -0.15) is 0 Å². The molecule has 0 bridgehead atoms. The summed E-state index contributed by atoms with van der Waals surface area (Å²) in [4.78, 5) is 0. The zero-order valence-electron chi connectivity index (χ0n) is 9.47. The van der Waals surface area contributed by atoms with Crippen molar-refractivity contribution in [3.05, 3.63) is 29.6 Å². The van der Waals surface area contributed by atoms with Crippen LogP contribution in [0.2, 0.25) is 0 Å². The molecule has 1 aromatic rings. The maximum Gasteiger partial charge on any atom is 0.182 e. The van der Waals surface area contributed by atoms with Gasteiger partial charge in [0.05, 0.1) is 18.3 Å². The summed E-state index contributed by atoms with van der Waals surface area (Å²) in [5.74, 6) is -2.63. The summed E-state index contributed by atoms with van der Waals surface area (Å²) in [5, 5.41) is 2.81. The first-order chi connectivity index (χ1) is 8.11. The second-order valence-electron chi connectivity index (χ2n) is 4.29. The van der Waals surface area contributed by atoms with E-state index in [0.29, 0.717) is 18.6 Å². The molecule has 1 unspecified atom stereocenters. The normalized spacial score (nSPS) is 16.9. The maximum absolute atomic E-state index is 13.4. The summed E-state index contributed by atoms with van der Waals surface area (Å²) < 4.78 is 44.4. The third-order valence-electron chi connectivity index (χ3n) is 2.87. The van der Waals surface area contributed by atoms with Gasteiger partial charge in [0, 0.05) is 19.2 Å². The molecule has 0 amide bonds. The summed E-state index contributed by atoms with van der Waals surface area (Å²) in [6, 6.07) is 1.39. The van der Waals surface area contributed by atoms with Gasteiger partial charge in [-0.05, 0) is 18.8 Å². The molecular formula is C12H14F3NO. The monoisotopic (exact) mass is 245 g/mol. The van der Waals surface area contributed by atoms with Gasteiger partial charge >= 0.3 is 0 Å². The van der Waals surface area contributed by atoms with Crippen molar-refractivity contribution in [2.75, 3.05) is 19.0 Å². The molecule has 5 heteroatoms. The summed E-state index contributed by atoms with van der Waals surface area (Å²) in [6.07, 6.45) is 2.06. The molecule has 0 saturated heterocycles. The Labute approximate surface area is 97.8 Å². The predicted octanol–water partition coefficient (Wildman–Crippen LogP) is 2.94. The molecule has 1 atom stereocenters. The van der Waals surface area contributed by atoms with Gasteiger partial charge in [-0.25, -0.2) is 13.2 Å². The molecule has 0 spiro atoms. The number of anilines is 1. The number of nitrogens with one attached hydrogen (secondary N) is 1. The molecule has 0 heterocycles. The van der Waals surface area contributed by atoms with E-state index in [-0.39, 0.29) is 11.7 Å². The van der Waals surface area contributed by atoms with Gasteiger partial charge in [0.1, 0.15) is 5.82 Å². The molecule has 1 aliphatic carbocycles. The van der Waals surface area contributed by atoms with E-state index >= 15 is 0 Å². The summed E-state index contributed by atoms with van der Waals surface area (Å²) >= 11 is 0. The molecular weight excluding hydrogens is 231 g/mol. The molecule has 1 aromatic carbocycles. The second-order valence-corrected chi connectivity index (χ2v) is 4.29. The van der Waals surface area contributed by atoms with E-state index in [9.17, 15) is 13.2 Å². The van der Waals surface area contributed by atoms with Crippen LogP contribution in [0.3, 0.4) is 0 Å². The van der Waals surface area contributed by atoms with Crippen LogP contribution in [0.15, 0.2) is 12.1 Å². The lowest BCUT2D eigenvalue weighted by Crippen LogP contribution is -2.27. The van der Waals surface area contributed by atoms with E-state index in [2.05, 4.69) is 5.32 Å². The van der Waals surface area contributed by atoms with Gasteiger partial charge in [-0.3, -0.25) is 0 Å². The van der Waals surface area contributed by atoms with E-state index in [1.54, 1.807) is 7.11 Å². The fourth-order valence-corrected chi connectivity index (χ4v) is 1.83. The molecule has 2 nitrogen and oxygen atoms in total. The average Bonchev–Trinajstić information content (AvgIpc) is 3.08. The number of hydrogen-bond acceptors (Lipinski definition) is 2. The minimum atomic E-state index is -1.18. The Balaban J connectivity index is 2.15. The average molecular weight is 245 g/mol. The van der Waals surface area contributed by atoms with Gasteiger partial charge in [0.2, 0.25) is 0 Å². The van der Waals surface area contributed by atoms with Crippen molar-refractivity contribution < 1.29 is 17.9 Å². The Morgan fingerprint density at radius 1 is 1.35 bits per heavy atom. The highest BCUT2D eigenvalue weighted by atomic mass is 19.2. The summed E-state index contributed by atoms with van der Waals surface area (Å²) in [7, 11) is 1.54. The van der Waals surface area contributed by atoms with Crippen LogP contribution in [0.5, 0.6) is 0 Å². The Hall–Kier alpha value is -1.23. The molecule has 0 aromatic heterocycles. The van der Waals surface area contributed by atoms with Crippen molar-refractivity contribution in [3.8, 4) is 0 Å². The van der Waals surface area contributed by atoms with Crippen molar-refractivity contribution >= 4 is 5.69 Å². The van der Waals surface area contributed by atoms with Crippen molar-refractivity contribution in [1.29, 1.82) is 0 Å². The van der Waals surface area contributed by atoms with Crippen molar-refractivity contribution in [2.24, 2.45) is 5.92 Å². The van der Waals surface area contributed by atoms with Gasteiger partial charge in [-0.1, -0.05) is 0 Å². The Morgan fingerprint density at radius 2 is 2.06 bits per heavy atom. The first-order valence-electron chi connectivity index (χ1n) is 5.52. The van der Waals surface area contributed by atoms with Crippen molar-refractivity contribution in [2.45, 2.75) is 18.9 Å². The Kier molecular flexibility index (Phi) is 3.57. The SMILES string of the molecule is COCC(Nc1cc(F)cc(F)c1F)C1CC1. The first-order valence-corrected chi connectivity index (χ1v) is 5.52. The highest BCUT2D eigenvalue weighted by molar-refractivity contribution is 5.46. The van der Waals surface area contributed by atoms with E-state index in [1.165, 1.54) is 0 Å². The van der Waals surface area contributed by atoms with E-state index in [1.807, 2.05) is 0 Å². The largest absolute Gasteiger partial charge is 0.383 e. The van der Waals surface area contributed by atoms with Gasteiger partial charge < -0.3 is 10.1 Å². The van der Waals surface area contributed by atoms with Gasteiger partial charge in [0.25, 0.3) is 0 Å². The van der Waals surface area contributed by atoms with E-state index in [0.717, 1.165) is 18.9 Å². The fourth-order valence-electron chi connectivity index (χ4n) is 1.83. The van der Waals surface area contributed by atoms with Gasteiger partial charge in [0.15, 0.2) is 11.6 Å². The molecule has 2 rings (SSSR count). The van der Waals surface area contributed by atoms with Crippen LogP contribution in [0, 0.1) is 23.4 Å². The van der Waals surface area contributed by atoms with E-state index < -0.39 is 17.5 Å². The third kappa shape index (κ3) is 2.91. The lowest BCUT2D eigenvalue weighted by atomic mass is 10.1.